The van der Waals surface area contributed by atoms with Crippen molar-refractivity contribution in [1.29, 1.82) is 0 Å². The Hall–Kier alpha value is -1.09. The number of halogens is 1. The molecular weight excluding hydrogens is 181 g/mol. The molecule has 1 aromatic rings. The molecule has 2 nitrogen and oxygen atoms in total. The molecule has 0 aliphatic heterocycles. The van der Waals surface area contributed by atoms with Gasteiger partial charge in [0.1, 0.15) is 5.82 Å². The van der Waals surface area contributed by atoms with E-state index in [2.05, 4.69) is 0 Å². The van der Waals surface area contributed by atoms with Gasteiger partial charge in [-0.05, 0) is 30.7 Å². The summed E-state index contributed by atoms with van der Waals surface area (Å²) in [6.45, 7) is 1.70. The van der Waals surface area contributed by atoms with Gasteiger partial charge < -0.3 is 10.0 Å². The first-order valence-corrected chi connectivity index (χ1v) is 4.64. The molecule has 0 amide bonds. The summed E-state index contributed by atoms with van der Waals surface area (Å²) in [6.07, 6.45) is 0.0288. The highest BCUT2D eigenvalue weighted by molar-refractivity contribution is 5.52. The molecule has 0 radical (unpaired) electrons. The maximum atomic E-state index is 13.0. The fourth-order valence-corrected chi connectivity index (χ4v) is 1.47. The molecular formula is C11H16FNO. The Morgan fingerprint density at radius 1 is 1.43 bits per heavy atom. The molecule has 1 N–H and O–H groups in total. The lowest BCUT2D eigenvalue weighted by molar-refractivity contribution is 0.195. The maximum Gasteiger partial charge on any atom is 0.123 e. The molecule has 0 fully saturated rings. The minimum Gasteiger partial charge on any atom is -0.393 e. The molecule has 0 heterocycles. The number of benzene rings is 1. The first-order chi connectivity index (χ1) is 6.50. The van der Waals surface area contributed by atoms with E-state index >= 15 is 0 Å². The number of hydrogen-bond acceptors (Lipinski definition) is 2. The van der Waals surface area contributed by atoms with Gasteiger partial charge in [0.2, 0.25) is 0 Å². The van der Waals surface area contributed by atoms with Gasteiger partial charge in [-0.3, -0.25) is 0 Å². The minimum absolute atomic E-state index is 0.258. The highest BCUT2D eigenvalue weighted by Crippen LogP contribution is 2.21. The number of aliphatic hydroxyl groups excluding tert-OH is 1. The van der Waals surface area contributed by atoms with Crippen molar-refractivity contribution in [2.24, 2.45) is 0 Å². The van der Waals surface area contributed by atoms with E-state index in [0.717, 1.165) is 11.3 Å². The van der Waals surface area contributed by atoms with Crippen LogP contribution in [0.2, 0.25) is 0 Å². The van der Waals surface area contributed by atoms with Gasteiger partial charge in [0.15, 0.2) is 0 Å². The Balaban J connectivity index is 3.03. The van der Waals surface area contributed by atoms with Crippen LogP contribution in [0.3, 0.4) is 0 Å². The zero-order valence-corrected chi connectivity index (χ0v) is 8.79. The summed E-state index contributed by atoms with van der Waals surface area (Å²) >= 11 is 0. The molecule has 0 aromatic heterocycles. The van der Waals surface area contributed by atoms with E-state index in [1.807, 2.05) is 19.0 Å². The number of anilines is 1. The van der Waals surface area contributed by atoms with Crippen LogP contribution in [-0.4, -0.2) is 25.3 Å². The third kappa shape index (κ3) is 2.70. The Morgan fingerprint density at radius 2 is 2.07 bits per heavy atom. The van der Waals surface area contributed by atoms with Crippen LogP contribution in [0.1, 0.15) is 12.5 Å². The summed E-state index contributed by atoms with van der Waals surface area (Å²) in [6, 6.07) is 4.63. The van der Waals surface area contributed by atoms with Gasteiger partial charge in [-0.2, -0.15) is 0 Å². The van der Waals surface area contributed by atoms with Crippen molar-refractivity contribution in [3.05, 3.63) is 29.6 Å². The predicted molar refractivity (Wildman–Crippen MR) is 56.1 cm³/mol. The first kappa shape index (κ1) is 11.0. The molecule has 1 atom stereocenters. The molecule has 14 heavy (non-hydrogen) atoms. The number of nitrogens with zero attached hydrogens (tertiary/aromatic N) is 1. The van der Waals surface area contributed by atoms with E-state index in [4.69, 9.17) is 0 Å². The Labute approximate surface area is 84.0 Å². The summed E-state index contributed by atoms with van der Waals surface area (Å²) in [5.41, 5.74) is 1.79. The highest BCUT2D eigenvalue weighted by Gasteiger charge is 2.08. The molecule has 0 saturated heterocycles. The van der Waals surface area contributed by atoms with Gasteiger partial charge >= 0.3 is 0 Å². The van der Waals surface area contributed by atoms with E-state index < -0.39 is 6.10 Å². The van der Waals surface area contributed by atoms with Crippen molar-refractivity contribution < 1.29 is 9.50 Å². The van der Waals surface area contributed by atoms with Crippen LogP contribution < -0.4 is 4.90 Å². The number of rotatable bonds is 3. The second kappa shape index (κ2) is 4.42. The zero-order valence-electron chi connectivity index (χ0n) is 8.79. The molecule has 0 bridgehead atoms. The topological polar surface area (TPSA) is 23.5 Å². The van der Waals surface area contributed by atoms with Crippen LogP contribution in [0, 0.1) is 5.82 Å². The molecule has 0 spiro atoms. The zero-order chi connectivity index (χ0) is 10.7. The van der Waals surface area contributed by atoms with Gasteiger partial charge in [0.25, 0.3) is 0 Å². The number of hydrogen-bond donors (Lipinski definition) is 1. The van der Waals surface area contributed by atoms with E-state index in [-0.39, 0.29) is 5.82 Å². The third-order valence-corrected chi connectivity index (χ3v) is 2.04. The van der Waals surface area contributed by atoms with Crippen molar-refractivity contribution in [3.8, 4) is 0 Å². The highest BCUT2D eigenvalue weighted by atomic mass is 19.1. The fourth-order valence-electron chi connectivity index (χ4n) is 1.47. The SMILES string of the molecule is CC(O)Cc1cc(F)ccc1N(C)C. The van der Waals surface area contributed by atoms with Gasteiger partial charge in [0.05, 0.1) is 6.10 Å². The van der Waals surface area contributed by atoms with E-state index in [0.29, 0.717) is 6.42 Å². The molecule has 1 rings (SSSR count). The Bertz CT molecular complexity index is 310. The standard InChI is InChI=1S/C11H16FNO/c1-8(14)6-9-7-10(12)4-5-11(9)13(2)3/h4-5,7-8,14H,6H2,1-3H3. The van der Waals surface area contributed by atoms with E-state index in [9.17, 15) is 9.50 Å². The molecule has 1 unspecified atom stereocenters. The largest absolute Gasteiger partial charge is 0.393 e. The lowest BCUT2D eigenvalue weighted by Crippen LogP contribution is -2.14. The lowest BCUT2D eigenvalue weighted by Gasteiger charge is -2.18. The third-order valence-electron chi connectivity index (χ3n) is 2.04. The second-order valence-corrected chi connectivity index (χ2v) is 3.72. The Morgan fingerprint density at radius 3 is 2.57 bits per heavy atom. The van der Waals surface area contributed by atoms with Crippen LogP contribution in [0.15, 0.2) is 18.2 Å². The quantitative estimate of drug-likeness (QED) is 0.799. The first-order valence-electron chi connectivity index (χ1n) is 4.64. The van der Waals surface area contributed by atoms with E-state index in [1.54, 1.807) is 13.0 Å². The van der Waals surface area contributed by atoms with Crippen LogP contribution in [0.5, 0.6) is 0 Å². The normalized spacial score (nSPS) is 12.6. The lowest BCUT2D eigenvalue weighted by atomic mass is 10.1. The van der Waals surface area contributed by atoms with Gasteiger partial charge in [-0.25, -0.2) is 4.39 Å². The second-order valence-electron chi connectivity index (χ2n) is 3.72. The monoisotopic (exact) mass is 197 g/mol. The molecule has 0 saturated carbocycles. The Kier molecular flexibility index (Phi) is 3.47. The van der Waals surface area contributed by atoms with Crippen molar-refractivity contribution >= 4 is 5.69 Å². The summed E-state index contributed by atoms with van der Waals surface area (Å²) in [4.78, 5) is 1.91. The summed E-state index contributed by atoms with van der Waals surface area (Å²) in [5.74, 6) is -0.258. The molecule has 0 aliphatic rings. The average molecular weight is 197 g/mol. The van der Waals surface area contributed by atoms with E-state index in [1.165, 1.54) is 12.1 Å². The summed E-state index contributed by atoms with van der Waals surface area (Å²) in [7, 11) is 3.80. The smallest absolute Gasteiger partial charge is 0.123 e. The predicted octanol–water partition coefficient (Wildman–Crippen LogP) is 1.81. The number of aliphatic hydroxyl groups is 1. The van der Waals surface area contributed by atoms with Gasteiger partial charge in [-0.15, -0.1) is 0 Å². The van der Waals surface area contributed by atoms with Crippen molar-refractivity contribution in [1.82, 2.24) is 0 Å². The van der Waals surface area contributed by atoms with Crippen molar-refractivity contribution in [2.75, 3.05) is 19.0 Å². The van der Waals surface area contributed by atoms with Gasteiger partial charge in [0, 0.05) is 26.2 Å². The maximum absolute atomic E-state index is 13.0. The van der Waals surface area contributed by atoms with Crippen molar-refractivity contribution in [2.45, 2.75) is 19.4 Å². The van der Waals surface area contributed by atoms with Crippen LogP contribution in [-0.2, 0) is 6.42 Å². The fraction of sp³-hybridized carbons (Fsp3) is 0.455. The van der Waals surface area contributed by atoms with Crippen LogP contribution in [0.25, 0.3) is 0 Å². The minimum atomic E-state index is -0.449. The van der Waals surface area contributed by atoms with Gasteiger partial charge in [-0.1, -0.05) is 0 Å². The summed E-state index contributed by atoms with van der Waals surface area (Å²) < 4.78 is 13.0. The molecule has 1 aromatic carbocycles. The van der Waals surface area contributed by atoms with Crippen molar-refractivity contribution in [3.63, 3.8) is 0 Å². The van der Waals surface area contributed by atoms with Crippen LogP contribution >= 0.6 is 0 Å². The average Bonchev–Trinajstić information content (AvgIpc) is 2.01. The summed E-state index contributed by atoms with van der Waals surface area (Å²) in [5, 5.41) is 9.26. The molecule has 78 valence electrons. The van der Waals surface area contributed by atoms with Crippen LogP contribution in [0.4, 0.5) is 10.1 Å². The molecule has 3 heteroatoms. The molecule has 0 aliphatic carbocycles.